The van der Waals surface area contributed by atoms with E-state index in [0.29, 0.717) is 18.0 Å². The van der Waals surface area contributed by atoms with Crippen molar-refractivity contribution in [2.45, 2.75) is 6.54 Å². The van der Waals surface area contributed by atoms with E-state index in [1.807, 2.05) is 30.3 Å². The Hall–Kier alpha value is -2.43. The maximum absolute atomic E-state index is 11.2. The largest absolute Gasteiger partial charge is 0.482 e. The molecule has 0 aliphatic carbocycles. The van der Waals surface area contributed by atoms with Gasteiger partial charge >= 0.3 is 0 Å². The minimum absolute atomic E-state index is 0.0756. The number of nitrogens with one attached hydrogen (secondary N) is 2. The molecule has 2 N–H and O–H groups in total. The smallest absolute Gasteiger partial charge is 0.262 e. The third-order valence-electron chi connectivity index (χ3n) is 2.66. The molecule has 1 amide bonds. The van der Waals surface area contributed by atoms with Crippen molar-refractivity contribution in [2.75, 3.05) is 17.2 Å². The summed E-state index contributed by atoms with van der Waals surface area (Å²) in [5.74, 6) is 1.41. The van der Waals surface area contributed by atoms with Gasteiger partial charge in [0.1, 0.15) is 11.5 Å². The molecule has 0 fully saturated rings. The van der Waals surface area contributed by atoms with E-state index in [1.54, 1.807) is 6.26 Å². The predicted octanol–water partition coefficient (Wildman–Crippen LogP) is 2.22. The van der Waals surface area contributed by atoms with Gasteiger partial charge in [-0.1, -0.05) is 0 Å². The lowest BCUT2D eigenvalue weighted by molar-refractivity contribution is -0.118. The predicted molar refractivity (Wildman–Crippen MR) is 66.6 cm³/mol. The van der Waals surface area contributed by atoms with Crippen LogP contribution in [0.5, 0.6) is 5.75 Å². The average molecular weight is 244 g/mol. The molecule has 0 radical (unpaired) electrons. The summed E-state index contributed by atoms with van der Waals surface area (Å²) >= 11 is 0. The van der Waals surface area contributed by atoms with Crippen LogP contribution in [0.1, 0.15) is 5.76 Å². The van der Waals surface area contributed by atoms with Crippen LogP contribution >= 0.6 is 0 Å². The quantitative estimate of drug-likeness (QED) is 0.869. The highest BCUT2D eigenvalue weighted by Crippen LogP contribution is 2.30. The van der Waals surface area contributed by atoms with Crippen LogP contribution in [0.15, 0.2) is 41.0 Å². The lowest BCUT2D eigenvalue weighted by Gasteiger charge is -2.18. The molecule has 18 heavy (non-hydrogen) atoms. The number of benzene rings is 1. The molecular formula is C13H12N2O3. The molecule has 2 heterocycles. The first kappa shape index (κ1) is 10.7. The van der Waals surface area contributed by atoms with Crippen molar-refractivity contribution in [1.82, 2.24) is 0 Å². The third-order valence-corrected chi connectivity index (χ3v) is 2.66. The molecule has 1 aliphatic heterocycles. The second kappa shape index (κ2) is 4.44. The zero-order valence-electron chi connectivity index (χ0n) is 9.60. The number of amides is 1. The van der Waals surface area contributed by atoms with Crippen molar-refractivity contribution in [2.24, 2.45) is 0 Å². The minimum Gasteiger partial charge on any atom is -0.482 e. The molecule has 92 valence electrons. The van der Waals surface area contributed by atoms with Gasteiger partial charge in [-0.2, -0.15) is 0 Å². The number of fused-ring (bicyclic) bond motifs is 1. The normalized spacial score (nSPS) is 13.4. The van der Waals surface area contributed by atoms with Gasteiger partial charge in [-0.15, -0.1) is 0 Å². The van der Waals surface area contributed by atoms with Crippen molar-refractivity contribution >= 4 is 17.3 Å². The van der Waals surface area contributed by atoms with Crippen LogP contribution in [0.2, 0.25) is 0 Å². The molecule has 0 atom stereocenters. The zero-order chi connectivity index (χ0) is 12.4. The number of hydrogen-bond acceptors (Lipinski definition) is 4. The van der Waals surface area contributed by atoms with Gasteiger partial charge in [0.05, 0.1) is 18.5 Å². The van der Waals surface area contributed by atoms with E-state index in [9.17, 15) is 4.79 Å². The molecule has 0 unspecified atom stereocenters. The van der Waals surface area contributed by atoms with Crippen molar-refractivity contribution in [3.63, 3.8) is 0 Å². The van der Waals surface area contributed by atoms with Crippen LogP contribution in [0, 0.1) is 0 Å². The van der Waals surface area contributed by atoms with Gasteiger partial charge in [0.15, 0.2) is 6.61 Å². The van der Waals surface area contributed by atoms with E-state index >= 15 is 0 Å². The number of carbonyl (C=O) groups excluding carboxylic acids is 1. The molecule has 3 rings (SSSR count). The summed E-state index contributed by atoms with van der Waals surface area (Å²) in [4.78, 5) is 11.2. The maximum atomic E-state index is 11.2. The van der Waals surface area contributed by atoms with E-state index in [0.717, 1.165) is 11.4 Å². The first-order valence-electron chi connectivity index (χ1n) is 5.64. The van der Waals surface area contributed by atoms with Gasteiger partial charge in [-0.05, 0) is 30.3 Å². The Morgan fingerprint density at radius 2 is 2.28 bits per heavy atom. The Kier molecular flexibility index (Phi) is 2.64. The summed E-state index contributed by atoms with van der Waals surface area (Å²) in [6, 6.07) is 9.32. The molecule has 0 bridgehead atoms. The fraction of sp³-hybridized carbons (Fsp3) is 0.154. The molecule has 0 spiro atoms. The number of furan rings is 1. The van der Waals surface area contributed by atoms with E-state index in [2.05, 4.69) is 10.6 Å². The summed E-state index contributed by atoms with van der Waals surface area (Å²) in [5, 5.41) is 5.98. The summed E-state index contributed by atoms with van der Waals surface area (Å²) in [6.07, 6.45) is 1.64. The van der Waals surface area contributed by atoms with Gasteiger partial charge in [0.25, 0.3) is 5.91 Å². The van der Waals surface area contributed by atoms with Gasteiger partial charge < -0.3 is 19.8 Å². The summed E-state index contributed by atoms with van der Waals surface area (Å²) < 4.78 is 10.5. The third kappa shape index (κ3) is 2.15. The highest BCUT2D eigenvalue weighted by molar-refractivity contribution is 5.95. The minimum atomic E-state index is -0.134. The Morgan fingerprint density at radius 1 is 1.33 bits per heavy atom. The number of carbonyl (C=O) groups is 1. The fourth-order valence-corrected chi connectivity index (χ4v) is 1.80. The number of rotatable bonds is 3. The molecule has 2 aromatic rings. The van der Waals surface area contributed by atoms with E-state index in [1.165, 1.54) is 0 Å². The lowest BCUT2D eigenvalue weighted by atomic mass is 10.2. The van der Waals surface area contributed by atoms with Crippen LogP contribution in [-0.2, 0) is 11.3 Å². The topological polar surface area (TPSA) is 63.5 Å². The summed E-state index contributed by atoms with van der Waals surface area (Å²) in [5.41, 5.74) is 1.59. The monoisotopic (exact) mass is 244 g/mol. The van der Waals surface area contributed by atoms with E-state index in [4.69, 9.17) is 9.15 Å². The van der Waals surface area contributed by atoms with Crippen molar-refractivity contribution in [3.8, 4) is 5.75 Å². The first-order valence-corrected chi connectivity index (χ1v) is 5.64. The van der Waals surface area contributed by atoms with Crippen LogP contribution in [0.3, 0.4) is 0 Å². The summed E-state index contributed by atoms with van der Waals surface area (Å²) in [7, 11) is 0. The molecule has 0 saturated heterocycles. The molecule has 0 saturated carbocycles. The maximum Gasteiger partial charge on any atom is 0.262 e. The van der Waals surface area contributed by atoms with E-state index in [-0.39, 0.29) is 12.5 Å². The highest BCUT2D eigenvalue weighted by Gasteiger charge is 2.15. The van der Waals surface area contributed by atoms with Gasteiger partial charge in [-0.3, -0.25) is 4.79 Å². The molecule has 5 heteroatoms. The van der Waals surface area contributed by atoms with Crippen LogP contribution < -0.4 is 15.4 Å². The van der Waals surface area contributed by atoms with Crippen LogP contribution in [0.25, 0.3) is 0 Å². The van der Waals surface area contributed by atoms with Crippen LogP contribution in [-0.4, -0.2) is 12.5 Å². The van der Waals surface area contributed by atoms with Crippen LogP contribution in [0.4, 0.5) is 11.4 Å². The highest BCUT2D eigenvalue weighted by atomic mass is 16.5. The van der Waals surface area contributed by atoms with Crippen molar-refractivity contribution < 1.29 is 13.9 Å². The fourth-order valence-electron chi connectivity index (χ4n) is 1.80. The van der Waals surface area contributed by atoms with Crippen molar-refractivity contribution in [3.05, 3.63) is 42.4 Å². The molecule has 1 aromatic carbocycles. The molecule has 1 aromatic heterocycles. The lowest BCUT2D eigenvalue weighted by Crippen LogP contribution is -2.25. The Balaban J connectivity index is 1.73. The van der Waals surface area contributed by atoms with Gasteiger partial charge in [-0.25, -0.2) is 0 Å². The number of anilines is 2. The second-order valence-corrected chi connectivity index (χ2v) is 3.98. The summed E-state index contributed by atoms with van der Waals surface area (Å²) in [6.45, 7) is 0.673. The van der Waals surface area contributed by atoms with Crippen molar-refractivity contribution in [1.29, 1.82) is 0 Å². The molecule has 5 nitrogen and oxygen atoms in total. The Labute approximate surface area is 104 Å². The first-order chi connectivity index (χ1) is 8.81. The molecule has 1 aliphatic rings. The second-order valence-electron chi connectivity index (χ2n) is 3.98. The standard InChI is InChI=1S/C13H12N2O3/c16-13-8-18-12-4-3-9(6-11(12)15-13)14-7-10-2-1-5-17-10/h1-6,14H,7-8H2,(H,15,16). The number of ether oxygens (including phenoxy) is 1. The zero-order valence-corrected chi connectivity index (χ0v) is 9.60. The SMILES string of the molecule is O=C1COc2ccc(NCc3ccco3)cc2N1. The Bertz CT molecular complexity index is 564. The molecular weight excluding hydrogens is 232 g/mol. The average Bonchev–Trinajstić information content (AvgIpc) is 2.89. The Morgan fingerprint density at radius 3 is 3.11 bits per heavy atom. The number of hydrogen-bond donors (Lipinski definition) is 2. The van der Waals surface area contributed by atoms with Gasteiger partial charge in [0.2, 0.25) is 0 Å². The van der Waals surface area contributed by atoms with Gasteiger partial charge in [0, 0.05) is 5.69 Å². The van der Waals surface area contributed by atoms with E-state index < -0.39 is 0 Å².